The summed E-state index contributed by atoms with van der Waals surface area (Å²) in [5.74, 6) is 1.34. The minimum Gasteiger partial charge on any atom is -0.383 e. The predicted octanol–water partition coefficient (Wildman–Crippen LogP) is 4.71. The van der Waals surface area contributed by atoms with Crippen molar-refractivity contribution in [3.05, 3.63) is 170 Å². The van der Waals surface area contributed by atoms with Crippen LogP contribution in [0.15, 0.2) is 140 Å². The fourth-order valence-corrected chi connectivity index (χ4v) is 10.9. The van der Waals surface area contributed by atoms with Crippen molar-refractivity contribution in [2.24, 2.45) is 27.8 Å². The number of Topliss-reactive ketones (excluding diaryl/α,β-unsaturated/α-hetero) is 1. The Morgan fingerprint density at radius 3 is 2.26 bits per heavy atom. The van der Waals surface area contributed by atoms with Crippen LogP contribution in [-0.4, -0.2) is 80.2 Å². The van der Waals surface area contributed by atoms with Crippen LogP contribution in [0, 0.1) is 5.41 Å². The number of fused-ring (bicyclic) bond motifs is 6. The number of rotatable bonds is 16. The molecule has 4 aromatic carbocycles. The molecule has 10 rings (SSSR count). The summed E-state index contributed by atoms with van der Waals surface area (Å²) in [6, 6.07) is 35.3. The molecule has 3 aliphatic heterocycles. The normalized spacial score (nSPS) is 21.8. The van der Waals surface area contributed by atoms with Crippen LogP contribution in [0.1, 0.15) is 85.0 Å². The van der Waals surface area contributed by atoms with Gasteiger partial charge in [0.2, 0.25) is 11.6 Å². The third kappa shape index (κ3) is 8.55. The number of guanidine groups is 1. The number of hydrogen-bond acceptors (Lipinski definition) is 11. The number of nitrogens with zero attached hydrogens (tertiary/aromatic N) is 7. The predicted molar refractivity (Wildman–Crippen MR) is 268 cm³/mol. The molecule has 5 aromatic rings. The van der Waals surface area contributed by atoms with Gasteiger partial charge in [0.05, 0.1) is 29.4 Å². The third-order valence-corrected chi connectivity index (χ3v) is 14.6. The first-order chi connectivity index (χ1) is 33.5. The molecule has 0 bridgehead atoms. The number of aryl methyl sites for hydroxylation is 1. The first-order valence-electron chi connectivity index (χ1n) is 24.3. The van der Waals surface area contributed by atoms with Crippen LogP contribution >= 0.6 is 0 Å². The molecular formula is C54H60N12O3. The summed E-state index contributed by atoms with van der Waals surface area (Å²) in [5, 5.41) is 20.1. The van der Waals surface area contributed by atoms with Gasteiger partial charge in [0.25, 0.3) is 11.5 Å². The van der Waals surface area contributed by atoms with E-state index >= 15 is 0 Å². The number of aromatic nitrogens is 2. The van der Waals surface area contributed by atoms with Crippen LogP contribution in [-0.2, 0) is 31.1 Å². The van der Waals surface area contributed by atoms with E-state index in [9.17, 15) is 19.8 Å². The Kier molecular flexibility index (Phi) is 12.4. The summed E-state index contributed by atoms with van der Waals surface area (Å²) < 4.78 is 3.50. The van der Waals surface area contributed by atoms with E-state index in [2.05, 4.69) is 52.0 Å². The van der Waals surface area contributed by atoms with Gasteiger partial charge in [-0.15, -0.1) is 0 Å². The zero-order valence-electron chi connectivity index (χ0n) is 39.5. The molecule has 4 heterocycles. The SMILES string of the molecule is CCc1ccc(CCNC2=C(C(N)=Nc3ccccc3)C(=O)N(C)C3=N[C@]4(CC(=O)c5ccc(CCN/C(Nc6ccccc6)=c6/c(=O)n(C)c7n(c6=N)[C@H]6CCC[C@H]6N=7)cc5)CCC[C@@H]4N32)cc1. The lowest BCUT2D eigenvalue weighted by molar-refractivity contribution is -0.123. The highest BCUT2D eigenvalue weighted by Crippen LogP contribution is 2.48. The average Bonchev–Trinajstić information content (AvgIpc) is 4.14. The Morgan fingerprint density at radius 2 is 1.54 bits per heavy atom. The lowest BCUT2D eigenvalue weighted by atomic mass is 9.86. The standard InChI is InChI=1S/C54H60N12O3/c1-4-34-20-22-35(23-21-34)29-32-58-49-44(46(55)59-38-13-7-5-8-14-38)50(68)64(3)53-62-54(30-12-19-43(54)66(49)53)33-42(67)37-26-24-36(25-27-37)28-31-57-48(60-39-15-9-6-10-16-39)45-47(56)65-41-18-11-17-40(41)61-52(65)63(2)51(45)69/h5-10,13-16,20-27,40-41,43,56-58,60H,4,11-12,17-19,28-33H2,1-3H3,(H2,55,59)/b48-45-,56-47?/t40-,41+,43+,54+/m1/s1. The topological polar surface area (TPSA) is 191 Å². The first kappa shape index (κ1) is 45.2. The summed E-state index contributed by atoms with van der Waals surface area (Å²) in [7, 11) is 3.45. The van der Waals surface area contributed by atoms with Gasteiger partial charge in [-0.05, 0) is 98.7 Å². The number of carbonyl (C=O) groups excluding carboxylic acids is 2. The van der Waals surface area contributed by atoms with Crippen molar-refractivity contribution in [3.8, 4) is 0 Å². The molecule has 4 atom stereocenters. The number of likely N-dealkylation sites (N-methyl/N-ethyl adjacent to an activating group) is 1. The van der Waals surface area contributed by atoms with Crippen molar-refractivity contribution >= 4 is 40.7 Å². The number of aliphatic imine (C=N–C) groups is 2. The number of nitrogens with two attached hydrogens (primary N) is 1. The molecule has 354 valence electrons. The molecule has 0 unspecified atom stereocenters. The second kappa shape index (κ2) is 18.9. The van der Waals surface area contributed by atoms with E-state index in [1.807, 2.05) is 89.5 Å². The van der Waals surface area contributed by atoms with Crippen molar-refractivity contribution in [3.63, 3.8) is 0 Å². The maximum absolute atomic E-state index is 14.4. The van der Waals surface area contributed by atoms with Gasteiger partial charge in [0.1, 0.15) is 33.8 Å². The Balaban J connectivity index is 0.880. The van der Waals surface area contributed by atoms with Crippen LogP contribution in [0.5, 0.6) is 0 Å². The molecule has 0 spiro atoms. The van der Waals surface area contributed by atoms with Crippen LogP contribution in [0.4, 0.5) is 11.4 Å². The van der Waals surface area contributed by atoms with Gasteiger partial charge in [-0.1, -0.05) is 91.9 Å². The Bertz CT molecular complexity index is 3140. The molecule has 69 heavy (non-hydrogen) atoms. The van der Waals surface area contributed by atoms with Crippen molar-refractivity contribution in [1.82, 2.24) is 29.6 Å². The Labute approximate surface area is 401 Å². The highest BCUT2D eigenvalue weighted by molar-refractivity contribution is 6.26. The molecule has 15 heteroatoms. The van der Waals surface area contributed by atoms with E-state index in [1.165, 1.54) is 11.1 Å². The molecule has 5 aliphatic rings. The molecule has 0 radical (unpaired) electrons. The quantitative estimate of drug-likeness (QED) is 0.0535. The molecule has 0 saturated heterocycles. The number of carbonyl (C=O) groups is 2. The molecule has 1 amide bonds. The van der Waals surface area contributed by atoms with E-state index in [0.717, 1.165) is 56.2 Å². The van der Waals surface area contributed by atoms with E-state index < -0.39 is 5.54 Å². The van der Waals surface area contributed by atoms with E-state index in [4.69, 9.17) is 20.7 Å². The van der Waals surface area contributed by atoms with Gasteiger partial charge in [0, 0.05) is 44.9 Å². The van der Waals surface area contributed by atoms with E-state index in [1.54, 1.807) is 23.6 Å². The molecule has 2 aliphatic carbocycles. The minimum absolute atomic E-state index is 0.0176. The molecule has 6 N–H and O–H groups in total. The fourth-order valence-electron chi connectivity index (χ4n) is 10.9. The largest absolute Gasteiger partial charge is 0.383 e. The van der Waals surface area contributed by atoms with Gasteiger partial charge in [-0.25, -0.2) is 15.0 Å². The second-order valence-electron chi connectivity index (χ2n) is 18.9. The van der Waals surface area contributed by atoms with Gasteiger partial charge in [-0.2, -0.15) is 0 Å². The fraction of sp³-hybridized carbons (Fsp3) is 0.352. The average molecular weight is 925 g/mol. The van der Waals surface area contributed by atoms with Crippen LogP contribution in [0.2, 0.25) is 0 Å². The van der Waals surface area contributed by atoms with Crippen molar-refractivity contribution in [2.75, 3.05) is 25.5 Å². The monoisotopic (exact) mass is 924 g/mol. The first-order valence-corrected chi connectivity index (χ1v) is 24.3. The summed E-state index contributed by atoms with van der Waals surface area (Å²) in [6.45, 7) is 3.15. The maximum Gasteiger partial charge on any atom is 0.267 e. The molecule has 2 fully saturated rings. The number of nitrogens with one attached hydrogen (secondary N) is 4. The Morgan fingerprint density at radius 1 is 0.855 bits per heavy atom. The van der Waals surface area contributed by atoms with Crippen molar-refractivity contribution in [2.45, 2.75) is 94.8 Å². The highest BCUT2D eigenvalue weighted by Gasteiger charge is 2.57. The summed E-state index contributed by atoms with van der Waals surface area (Å²) >= 11 is 0. The molecule has 15 nitrogen and oxygen atoms in total. The van der Waals surface area contributed by atoms with Crippen LogP contribution in [0.25, 0.3) is 5.82 Å². The number of para-hydroxylation sites is 2. The van der Waals surface area contributed by atoms with Gasteiger partial charge in [0.15, 0.2) is 5.78 Å². The van der Waals surface area contributed by atoms with Crippen molar-refractivity contribution < 1.29 is 9.59 Å². The minimum atomic E-state index is -0.748. The second-order valence-corrected chi connectivity index (χ2v) is 18.9. The Hall–Kier alpha value is -7.55. The van der Waals surface area contributed by atoms with Gasteiger partial charge in [-0.3, -0.25) is 38.7 Å². The molecular weight excluding hydrogens is 865 g/mol. The van der Waals surface area contributed by atoms with E-state index in [-0.39, 0.29) is 63.9 Å². The van der Waals surface area contributed by atoms with Gasteiger partial charge < -0.3 is 21.7 Å². The van der Waals surface area contributed by atoms with Gasteiger partial charge >= 0.3 is 0 Å². The zero-order valence-corrected chi connectivity index (χ0v) is 39.5. The summed E-state index contributed by atoms with van der Waals surface area (Å²) in [4.78, 5) is 61.2. The summed E-state index contributed by atoms with van der Waals surface area (Å²) in [5.41, 5.74) is 12.2. The molecule has 2 saturated carbocycles. The third-order valence-electron chi connectivity index (χ3n) is 14.6. The highest BCUT2D eigenvalue weighted by atomic mass is 16.2. The zero-order chi connectivity index (χ0) is 47.8. The number of benzene rings is 4. The smallest absolute Gasteiger partial charge is 0.267 e. The lowest BCUT2D eigenvalue weighted by Crippen LogP contribution is -2.59. The van der Waals surface area contributed by atoms with E-state index in [0.29, 0.717) is 60.4 Å². The van der Waals surface area contributed by atoms with Crippen molar-refractivity contribution in [1.29, 1.82) is 5.41 Å². The van der Waals surface area contributed by atoms with Crippen LogP contribution < -0.4 is 43.6 Å². The number of amidine groups is 1. The summed E-state index contributed by atoms with van der Waals surface area (Å²) in [6.07, 6.45) is 7.78. The molecule has 1 aromatic heterocycles. The number of hydrogen-bond donors (Lipinski definition) is 5. The maximum atomic E-state index is 14.4. The van der Waals surface area contributed by atoms with Crippen LogP contribution in [0.3, 0.4) is 0 Å². The number of anilines is 1. The lowest BCUT2D eigenvalue weighted by Gasteiger charge is -2.40. The number of amides is 1. The number of ketones is 1.